The SMILES string of the molecule is CCN1CCN(c2ccc(NC(=O)c3ccc(C(C)(C)C)cc3)cc2N)CC1. The van der Waals surface area contributed by atoms with Crippen LogP contribution in [0.4, 0.5) is 17.1 Å². The fourth-order valence-corrected chi connectivity index (χ4v) is 3.55. The molecule has 3 N–H and O–H groups in total. The number of hydrogen-bond acceptors (Lipinski definition) is 4. The van der Waals surface area contributed by atoms with E-state index in [9.17, 15) is 4.79 Å². The smallest absolute Gasteiger partial charge is 0.255 e. The molecule has 1 amide bonds. The van der Waals surface area contributed by atoms with Gasteiger partial charge in [-0.2, -0.15) is 0 Å². The quantitative estimate of drug-likeness (QED) is 0.788. The number of carbonyl (C=O) groups excluding carboxylic acids is 1. The van der Waals surface area contributed by atoms with Gasteiger partial charge in [0.25, 0.3) is 5.91 Å². The lowest BCUT2D eigenvalue weighted by atomic mass is 9.87. The van der Waals surface area contributed by atoms with Crippen molar-refractivity contribution in [3.8, 4) is 0 Å². The van der Waals surface area contributed by atoms with E-state index in [0.717, 1.165) is 44.1 Å². The highest BCUT2D eigenvalue weighted by Crippen LogP contribution is 2.28. The molecular weight excluding hydrogens is 348 g/mol. The number of amides is 1. The number of nitrogens with one attached hydrogen (secondary N) is 1. The maximum Gasteiger partial charge on any atom is 0.255 e. The topological polar surface area (TPSA) is 61.6 Å². The van der Waals surface area contributed by atoms with Gasteiger partial charge in [-0.3, -0.25) is 4.79 Å². The second kappa shape index (κ2) is 8.23. The summed E-state index contributed by atoms with van der Waals surface area (Å²) >= 11 is 0. The zero-order valence-corrected chi connectivity index (χ0v) is 17.5. The minimum absolute atomic E-state index is 0.0713. The molecule has 1 fully saturated rings. The van der Waals surface area contributed by atoms with E-state index in [-0.39, 0.29) is 11.3 Å². The summed E-state index contributed by atoms with van der Waals surface area (Å²) in [6.45, 7) is 13.8. The molecule has 1 saturated heterocycles. The van der Waals surface area contributed by atoms with Crippen LogP contribution in [0, 0.1) is 0 Å². The number of anilines is 3. The van der Waals surface area contributed by atoms with E-state index in [1.807, 2.05) is 42.5 Å². The Bertz CT molecular complexity index is 815. The molecule has 2 aromatic rings. The molecule has 2 aromatic carbocycles. The summed E-state index contributed by atoms with van der Waals surface area (Å²) in [6.07, 6.45) is 0. The van der Waals surface area contributed by atoms with E-state index in [1.165, 1.54) is 5.56 Å². The van der Waals surface area contributed by atoms with Crippen LogP contribution in [0.15, 0.2) is 42.5 Å². The van der Waals surface area contributed by atoms with Gasteiger partial charge < -0.3 is 20.9 Å². The minimum Gasteiger partial charge on any atom is -0.397 e. The highest BCUT2D eigenvalue weighted by molar-refractivity contribution is 6.04. The van der Waals surface area contributed by atoms with Gasteiger partial charge in [0.2, 0.25) is 0 Å². The third-order valence-corrected chi connectivity index (χ3v) is 5.46. The van der Waals surface area contributed by atoms with Crippen LogP contribution in [-0.4, -0.2) is 43.5 Å². The van der Waals surface area contributed by atoms with Crippen LogP contribution in [0.2, 0.25) is 0 Å². The first kappa shape index (κ1) is 20.2. The average Bonchev–Trinajstić information content (AvgIpc) is 2.68. The number of likely N-dealkylation sites (N-methyl/N-ethyl adjacent to an activating group) is 1. The summed E-state index contributed by atoms with van der Waals surface area (Å²) in [4.78, 5) is 17.3. The normalized spacial score (nSPS) is 15.5. The Morgan fingerprint density at radius 2 is 1.68 bits per heavy atom. The van der Waals surface area contributed by atoms with Crippen molar-refractivity contribution >= 4 is 23.0 Å². The van der Waals surface area contributed by atoms with Crippen LogP contribution in [0.25, 0.3) is 0 Å². The average molecular weight is 381 g/mol. The highest BCUT2D eigenvalue weighted by atomic mass is 16.1. The van der Waals surface area contributed by atoms with Crippen molar-refractivity contribution < 1.29 is 4.79 Å². The molecule has 1 aliphatic rings. The van der Waals surface area contributed by atoms with E-state index in [0.29, 0.717) is 11.3 Å². The van der Waals surface area contributed by atoms with E-state index in [1.54, 1.807) is 0 Å². The Hall–Kier alpha value is -2.53. The number of piperazine rings is 1. The molecule has 0 unspecified atom stereocenters. The molecule has 1 aliphatic heterocycles. The van der Waals surface area contributed by atoms with Gasteiger partial charge in [0.15, 0.2) is 0 Å². The monoisotopic (exact) mass is 380 g/mol. The highest BCUT2D eigenvalue weighted by Gasteiger charge is 2.18. The third-order valence-electron chi connectivity index (χ3n) is 5.46. The first-order valence-corrected chi connectivity index (χ1v) is 10.1. The molecule has 0 aromatic heterocycles. The molecular formula is C23H32N4O. The van der Waals surface area contributed by atoms with Crippen LogP contribution in [-0.2, 0) is 5.41 Å². The van der Waals surface area contributed by atoms with Gasteiger partial charge >= 0.3 is 0 Å². The number of hydrogen-bond donors (Lipinski definition) is 2. The summed E-state index contributed by atoms with van der Waals surface area (Å²) in [5.41, 5.74) is 10.7. The summed E-state index contributed by atoms with van der Waals surface area (Å²) < 4.78 is 0. The molecule has 0 saturated carbocycles. The van der Waals surface area contributed by atoms with Crippen molar-refractivity contribution in [2.45, 2.75) is 33.1 Å². The number of nitrogen functional groups attached to an aromatic ring is 1. The molecule has 5 heteroatoms. The van der Waals surface area contributed by atoms with Crippen molar-refractivity contribution in [2.24, 2.45) is 0 Å². The Balaban J connectivity index is 1.66. The Labute approximate surface area is 168 Å². The van der Waals surface area contributed by atoms with Gasteiger partial charge in [0.05, 0.1) is 11.4 Å². The van der Waals surface area contributed by atoms with Crippen molar-refractivity contribution in [3.63, 3.8) is 0 Å². The Morgan fingerprint density at radius 3 is 2.21 bits per heavy atom. The van der Waals surface area contributed by atoms with Gasteiger partial charge in [0, 0.05) is 37.4 Å². The second-order valence-electron chi connectivity index (χ2n) is 8.48. The molecule has 3 rings (SSSR count). The summed E-state index contributed by atoms with van der Waals surface area (Å²) in [5, 5.41) is 2.96. The molecule has 0 spiro atoms. The van der Waals surface area contributed by atoms with Gasteiger partial charge in [-0.25, -0.2) is 0 Å². The lowest BCUT2D eigenvalue weighted by Crippen LogP contribution is -2.46. The zero-order chi connectivity index (χ0) is 20.3. The number of nitrogens with zero attached hydrogens (tertiary/aromatic N) is 2. The first-order valence-electron chi connectivity index (χ1n) is 10.1. The van der Waals surface area contributed by atoms with Gasteiger partial charge in [-0.05, 0) is 47.9 Å². The van der Waals surface area contributed by atoms with E-state index in [2.05, 4.69) is 42.8 Å². The molecule has 0 radical (unpaired) electrons. The number of nitrogens with two attached hydrogens (primary N) is 1. The predicted octanol–water partition coefficient (Wildman–Crippen LogP) is 3.96. The van der Waals surface area contributed by atoms with Crippen LogP contribution in [0.3, 0.4) is 0 Å². The Morgan fingerprint density at radius 1 is 1.04 bits per heavy atom. The van der Waals surface area contributed by atoms with E-state index in [4.69, 9.17) is 5.73 Å². The molecule has 0 aliphatic carbocycles. The van der Waals surface area contributed by atoms with Crippen molar-refractivity contribution in [1.82, 2.24) is 4.90 Å². The first-order chi connectivity index (χ1) is 13.3. The summed E-state index contributed by atoms with van der Waals surface area (Å²) in [6, 6.07) is 13.6. The maximum atomic E-state index is 12.6. The van der Waals surface area contributed by atoms with Crippen LogP contribution < -0.4 is 16.0 Å². The molecule has 150 valence electrons. The molecule has 0 atom stereocenters. The standard InChI is InChI=1S/C23H32N4O/c1-5-26-12-14-27(15-13-26)21-11-10-19(16-20(21)24)25-22(28)17-6-8-18(9-7-17)23(2,3)4/h6-11,16H,5,12-15,24H2,1-4H3,(H,25,28). The van der Waals surface area contributed by atoms with Gasteiger partial charge in [0.1, 0.15) is 0 Å². The molecule has 28 heavy (non-hydrogen) atoms. The van der Waals surface area contributed by atoms with E-state index < -0.39 is 0 Å². The fourth-order valence-electron chi connectivity index (χ4n) is 3.55. The summed E-state index contributed by atoms with van der Waals surface area (Å²) in [7, 11) is 0. The minimum atomic E-state index is -0.121. The van der Waals surface area contributed by atoms with Crippen molar-refractivity contribution in [2.75, 3.05) is 48.7 Å². The second-order valence-corrected chi connectivity index (χ2v) is 8.48. The van der Waals surface area contributed by atoms with Crippen LogP contribution in [0.5, 0.6) is 0 Å². The van der Waals surface area contributed by atoms with Crippen molar-refractivity contribution in [3.05, 3.63) is 53.6 Å². The van der Waals surface area contributed by atoms with Gasteiger partial charge in [-0.15, -0.1) is 0 Å². The lowest BCUT2D eigenvalue weighted by Gasteiger charge is -2.36. The summed E-state index contributed by atoms with van der Waals surface area (Å²) in [5.74, 6) is -0.121. The Kier molecular flexibility index (Phi) is 5.94. The number of rotatable bonds is 4. The zero-order valence-electron chi connectivity index (χ0n) is 17.5. The molecule has 5 nitrogen and oxygen atoms in total. The molecule has 1 heterocycles. The van der Waals surface area contributed by atoms with E-state index >= 15 is 0 Å². The van der Waals surface area contributed by atoms with Crippen molar-refractivity contribution in [1.29, 1.82) is 0 Å². The number of benzene rings is 2. The van der Waals surface area contributed by atoms with Gasteiger partial charge in [-0.1, -0.05) is 39.8 Å². The maximum absolute atomic E-state index is 12.6. The fraction of sp³-hybridized carbons (Fsp3) is 0.435. The third kappa shape index (κ3) is 4.65. The van der Waals surface area contributed by atoms with Crippen LogP contribution in [0.1, 0.15) is 43.6 Å². The largest absolute Gasteiger partial charge is 0.397 e. The predicted molar refractivity (Wildman–Crippen MR) is 118 cm³/mol. The number of carbonyl (C=O) groups is 1. The van der Waals surface area contributed by atoms with Crippen LogP contribution >= 0.6 is 0 Å². The molecule has 0 bridgehead atoms. The lowest BCUT2D eigenvalue weighted by molar-refractivity contribution is 0.102.